The quantitative estimate of drug-likeness (QED) is 0.493. The van der Waals surface area contributed by atoms with Crippen molar-refractivity contribution in [2.75, 3.05) is 0 Å². The number of nitrogens with zero attached hydrogens (tertiary/aromatic N) is 3. The minimum atomic E-state index is 0.582. The summed E-state index contributed by atoms with van der Waals surface area (Å²) in [5.41, 5.74) is 3.86. The van der Waals surface area contributed by atoms with Crippen molar-refractivity contribution in [1.29, 1.82) is 0 Å². The molecule has 3 nitrogen and oxygen atoms in total. The first-order valence-electron chi connectivity index (χ1n) is 8.19. The first-order chi connectivity index (χ1) is 12.1. The third-order valence-corrected chi connectivity index (χ3v) is 7.41. The molecule has 25 heavy (non-hydrogen) atoms. The van der Waals surface area contributed by atoms with Crippen LogP contribution in [0.3, 0.4) is 0 Å². The van der Waals surface area contributed by atoms with Crippen LogP contribution in [0.1, 0.15) is 28.8 Å². The van der Waals surface area contributed by atoms with E-state index < -0.39 is 0 Å². The van der Waals surface area contributed by atoms with Crippen molar-refractivity contribution in [3.05, 3.63) is 49.6 Å². The Kier molecular flexibility index (Phi) is 5.09. The van der Waals surface area contributed by atoms with Crippen LogP contribution in [-0.2, 0) is 25.6 Å². The van der Waals surface area contributed by atoms with E-state index in [0.29, 0.717) is 10.0 Å². The number of rotatable bonds is 4. The van der Waals surface area contributed by atoms with Crippen LogP contribution < -0.4 is 0 Å². The molecule has 2 aromatic heterocycles. The van der Waals surface area contributed by atoms with E-state index in [0.717, 1.165) is 28.7 Å². The molecule has 0 bridgehead atoms. The Labute approximate surface area is 165 Å². The highest BCUT2D eigenvalue weighted by Crippen LogP contribution is 2.36. The number of thioether (sulfide) groups is 1. The SMILES string of the molecule is Cn1c(SCc2ccc(Cl)c(Cl)c2)nnc1-c1csc2c1CCCC2. The molecule has 3 aromatic rings. The van der Waals surface area contributed by atoms with Crippen LogP contribution in [0.5, 0.6) is 0 Å². The van der Waals surface area contributed by atoms with Crippen LogP contribution >= 0.6 is 46.3 Å². The normalized spacial score (nSPS) is 13.9. The summed E-state index contributed by atoms with van der Waals surface area (Å²) < 4.78 is 2.10. The third-order valence-electron chi connectivity index (χ3n) is 4.49. The number of aryl methyl sites for hydroxylation is 1. The van der Waals surface area contributed by atoms with Crippen molar-refractivity contribution < 1.29 is 0 Å². The average Bonchev–Trinajstić information content (AvgIpc) is 3.19. The fraction of sp³-hybridized carbons (Fsp3) is 0.333. The van der Waals surface area contributed by atoms with E-state index in [9.17, 15) is 0 Å². The Balaban J connectivity index is 1.55. The minimum absolute atomic E-state index is 0.582. The molecule has 0 amide bonds. The van der Waals surface area contributed by atoms with Gasteiger partial charge in [0, 0.05) is 28.6 Å². The number of halogens is 2. The lowest BCUT2D eigenvalue weighted by molar-refractivity contribution is 0.696. The number of hydrogen-bond donors (Lipinski definition) is 0. The van der Waals surface area contributed by atoms with Gasteiger partial charge in [-0.05, 0) is 48.9 Å². The van der Waals surface area contributed by atoms with Crippen LogP contribution in [-0.4, -0.2) is 14.8 Å². The van der Waals surface area contributed by atoms with Gasteiger partial charge in [-0.1, -0.05) is 41.0 Å². The van der Waals surface area contributed by atoms with Gasteiger partial charge in [0.05, 0.1) is 10.0 Å². The zero-order chi connectivity index (χ0) is 17.4. The number of hydrogen-bond acceptors (Lipinski definition) is 4. The summed E-state index contributed by atoms with van der Waals surface area (Å²) >= 11 is 15.6. The Bertz CT molecular complexity index is 917. The smallest absolute Gasteiger partial charge is 0.191 e. The summed E-state index contributed by atoms with van der Waals surface area (Å²) in [7, 11) is 2.04. The summed E-state index contributed by atoms with van der Waals surface area (Å²) in [5, 5.41) is 13.2. The maximum Gasteiger partial charge on any atom is 0.191 e. The molecular formula is C18H17Cl2N3S2. The molecule has 0 atom stereocenters. The first kappa shape index (κ1) is 17.4. The van der Waals surface area contributed by atoms with Crippen molar-refractivity contribution in [1.82, 2.24) is 14.8 Å². The zero-order valence-electron chi connectivity index (χ0n) is 13.8. The Morgan fingerprint density at radius 3 is 2.84 bits per heavy atom. The van der Waals surface area contributed by atoms with Gasteiger partial charge in [0.1, 0.15) is 0 Å². The lowest BCUT2D eigenvalue weighted by Crippen LogP contribution is -2.02. The number of aromatic nitrogens is 3. The van der Waals surface area contributed by atoms with Crippen LogP contribution in [0.15, 0.2) is 28.7 Å². The molecule has 0 aliphatic heterocycles. The van der Waals surface area contributed by atoms with Crippen molar-refractivity contribution in [3.63, 3.8) is 0 Å². The van der Waals surface area contributed by atoms with Gasteiger partial charge in [0.15, 0.2) is 11.0 Å². The standard InChI is InChI=1S/C18H17Cl2N3S2/c1-23-17(13-10-24-16-5-3-2-4-12(13)16)21-22-18(23)25-9-11-6-7-14(19)15(20)8-11/h6-8,10H,2-5,9H2,1H3. The first-order valence-corrected chi connectivity index (χ1v) is 10.8. The molecule has 2 heterocycles. The molecule has 0 N–H and O–H groups in total. The number of benzene rings is 1. The summed E-state index contributed by atoms with van der Waals surface area (Å²) in [5.74, 6) is 1.75. The van der Waals surface area contributed by atoms with Crippen LogP contribution in [0.25, 0.3) is 11.4 Å². The van der Waals surface area contributed by atoms with Crippen LogP contribution in [0.2, 0.25) is 10.0 Å². The number of fused-ring (bicyclic) bond motifs is 1. The number of thiophene rings is 1. The second kappa shape index (κ2) is 7.31. The molecule has 0 fully saturated rings. The summed E-state index contributed by atoms with van der Waals surface area (Å²) in [4.78, 5) is 1.52. The van der Waals surface area contributed by atoms with Crippen molar-refractivity contribution in [2.24, 2.45) is 7.05 Å². The highest BCUT2D eigenvalue weighted by atomic mass is 35.5. The predicted molar refractivity (Wildman–Crippen MR) is 107 cm³/mol. The molecule has 0 saturated carbocycles. The lowest BCUT2D eigenvalue weighted by atomic mass is 9.96. The van der Waals surface area contributed by atoms with Gasteiger partial charge in [-0.15, -0.1) is 21.5 Å². The topological polar surface area (TPSA) is 30.7 Å². The van der Waals surface area contributed by atoms with Gasteiger partial charge in [0.2, 0.25) is 0 Å². The highest BCUT2D eigenvalue weighted by molar-refractivity contribution is 7.98. The molecule has 1 aliphatic carbocycles. The van der Waals surface area contributed by atoms with E-state index in [4.69, 9.17) is 23.2 Å². The second-order valence-electron chi connectivity index (χ2n) is 6.16. The summed E-state index contributed by atoms with van der Waals surface area (Å²) in [6.07, 6.45) is 4.94. The monoisotopic (exact) mass is 409 g/mol. The largest absolute Gasteiger partial charge is 0.305 e. The second-order valence-corrected chi connectivity index (χ2v) is 8.88. The van der Waals surface area contributed by atoms with Crippen LogP contribution in [0, 0.1) is 0 Å². The minimum Gasteiger partial charge on any atom is -0.305 e. The van der Waals surface area contributed by atoms with E-state index in [1.165, 1.54) is 35.3 Å². The molecule has 4 rings (SSSR count). The van der Waals surface area contributed by atoms with E-state index in [1.807, 2.05) is 36.6 Å². The molecule has 130 valence electrons. The molecule has 0 unspecified atom stereocenters. The van der Waals surface area contributed by atoms with Gasteiger partial charge in [-0.2, -0.15) is 0 Å². The molecule has 0 saturated heterocycles. The van der Waals surface area contributed by atoms with E-state index in [2.05, 4.69) is 20.1 Å². The molecule has 1 aliphatic rings. The summed E-state index contributed by atoms with van der Waals surface area (Å²) in [6.45, 7) is 0. The van der Waals surface area contributed by atoms with Crippen molar-refractivity contribution in [3.8, 4) is 11.4 Å². The van der Waals surface area contributed by atoms with Gasteiger partial charge < -0.3 is 4.57 Å². The molecule has 0 spiro atoms. The molecule has 1 aromatic carbocycles. The van der Waals surface area contributed by atoms with Gasteiger partial charge in [-0.3, -0.25) is 0 Å². The Hall–Kier alpha value is -1.01. The van der Waals surface area contributed by atoms with Gasteiger partial charge >= 0.3 is 0 Å². The van der Waals surface area contributed by atoms with E-state index in [-0.39, 0.29) is 0 Å². The predicted octanol–water partition coefficient (Wildman–Crippen LogP) is 6.02. The van der Waals surface area contributed by atoms with Gasteiger partial charge in [0.25, 0.3) is 0 Å². The zero-order valence-corrected chi connectivity index (χ0v) is 16.9. The molecular weight excluding hydrogens is 393 g/mol. The summed E-state index contributed by atoms with van der Waals surface area (Å²) in [6, 6.07) is 5.73. The lowest BCUT2D eigenvalue weighted by Gasteiger charge is -2.12. The van der Waals surface area contributed by atoms with Gasteiger partial charge in [-0.25, -0.2) is 0 Å². The fourth-order valence-corrected chi connectivity index (χ4v) is 5.43. The Morgan fingerprint density at radius 2 is 2.00 bits per heavy atom. The Morgan fingerprint density at radius 1 is 1.16 bits per heavy atom. The maximum atomic E-state index is 6.09. The van der Waals surface area contributed by atoms with E-state index >= 15 is 0 Å². The fourth-order valence-electron chi connectivity index (χ4n) is 3.13. The van der Waals surface area contributed by atoms with Crippen LogP contribution in [0.4, 0.5) is 0 Å². The van der Waals surface area contributed by atoms with E-state index in [1.54, 1.807) is 11.8 Å². The van der Waals surface area contributed by atoms with Crippen molar-refractivity contribution >= 4 is 46.3 Å². The molecule has 7 heteroatoms. The third kappa shape index (κ3) is 3.47. The highest BCUT2D eigenvalue weighted by Gasteiger charge is 2.21. The maximum absolute atomic E-state index is 6.09. The average molecular weight is 410 g/mol. The van der Waals surface area contributed by atoms with Crippen molar-refractivity contribution in [2.45, 2.75) is 36.6 Å². The molecule has 0 radical (unpaired) electrons.